The topological polar surface area (TPSA) is 43.8 Å². The van der Waals surface area contributed by atoms with Crippen molar-refractivity contribution in [3.63, 3.8) is 0 Å². The molecule has 5 atom stereocenters. The first-order chi connectivity index (χ1) is 19.1. The van der Waals surface area contributed by atoms with Crippen molar-refractivity contribution in [3.8, 4) is 11.8 Å². The highest BCUT2D eigenvalue weighted by Gasteiger charge is 2.60. The van der Waals surface area contributed by atoms with Crippen molar-refractivity contribution in [2.75, 3.05) is 38.0 Å². The Morgan fingerprint density at radius 3 is 2.17 bits per heavy atom. The van der Waals surface area contributed by atoms with Gasteiger partial charge in [0.15, 0.2) is 5.78 Å². The minimum absolute atomic E-state index is 0.135. The number of aliphatic hydroxyl groups is 1. The Labute approximate surface area is 239 Å². The van der Waals surface area contributed by atoms with Gasteiger partial charge in [0.2, 0.25) is 0 Å². The van der Waals surface area contributed by atoms with Gasteiger partial charge in [-0.25, -0.2) is 0 Å². The lowest BCUT2D eigenvalue weighted by Gasteiger charge is -2.51. The van der Waals surface area contributed by atoms with E-state index in [-0.39, 0.29) is 17.1 Å². The lowest BCUT2D eigenvalue weighted by Crippen LogP contribution is -2.49. The summed E-state index contributed by atoms with van der Waals surface area (Å²) in [7, 11) is 8.19. The number of benzene rings is 2. The first kappa shape index (κ1) is 26.9. The number of rotatable bonds is 3. The third kappa shape index (κ3) is 4.40. The molecular weight excluding hydrogens is 492 g/mol. The third-order valence-corrected chi connectivity index (χ3v) is 10.5. The molecule has 208 valence electrons. The van der Waals surface area contributed by atoms with Gasteiger partial charge in [-0.05, 0) is 110 Å². The van der Waals surface area contributed by atoms with E-state index in [0.29, 0.717) is 18.3 Å². The Kier molecular flexibility index (Phi) is 6.70. The minimum Gasteiger partial charge on any atom is -0.378 e. The fourth-order valence-electron chi connectivity index (χ4n) is 8.16. The van der Waals surface area contributed by atoms with Crippen molar-refractivity contribution in [2.24, 2.45) is 17.3 Å². The molecule has 0 aliphatic heterocycles. The van der Waals surface area contributed by atoms with E-state index in [0.717, 1.165) is 49.8 Å². The number of hydrogen-bond donors (Lipinski definition) is 1. The number of ketones is 1. The Bertz CT molecular complexity index is 1440. The van der Waals surface area contributed by atoms with Gasteiger partial charge >= 0.3 is 0 Å². The van der Waals surface area contributed by atoms with Gasteiger partial charge in [0, 0.05) is 62.9 Å². The summed E-state index contributed by atoms with van der Waals surface area (Å²) in [6.45, 7) is 2.29. The molecule has 0 aromatic heterocycles. The molecule has 0 bridgehead atoms. The van der Waals surface area contributed by atoms with Gasteiger partial charge in [-0.3, -0.25) is 4.79 Å². The highest BCUT2D eigenvalue weighted by molar-refractivity contribution is 5.94. The standard InChI is InChI=1S/C36H42N2O2/c1-35-19-17-31-30(33(35)18-21-36(35,40)20-16-24-6-11-27(12-7-24)37(2)3)15-10-26-22-29(39)23-32(34(26)31)25-8-13-28(14-9-25)38(4)5/h6-9,11-14,22,30,32-33,40H,10,15,17-19,21,23H2,1-5H3/t30-,32?,33+,35+,36-/m1/s1. The van der Waals surface area contributed by atoms with Gasteiger partial charge in [-0.2, -0.15) is 0 Å². The van der Waals surface area contributed by atoms with Crippen LogP contribution < -0.4 is 9.80 Å². The van der Waals surface area contributed by atoms with Crippen molar-refractivity contribution in [3.05, 3.63) is 82.5 Å². The van der Waals surface area contributed by atoms with Gasteiger partial charge in [-0.15, -0.1) is 0 Å². The van der Waals surface area contributed by atoms with Crippen molar-refractivity contribution in [1.82, 2.24) is 0 Å². The second kappa shape index (κ2) is 9.96. The van der Waals surface area contributed by atoms with Crippen LogP contribution >= 0.6 is 0 Å². The Hall–Kier alpha value is -3.29. The summed E-state index contributed by atoms with van der Waals surface area (Å²) in [6, 6.07) is 17.0. The molecule has 6 rings (SSSR count). The van der Waals surface area contributed by atoms with Crippen LogP contribution in [0.15, 0.2) is 71.3 Å². The molecule has 2 aromatic carbocycles. The first-order valence-electron chi connectivity index (χ1n) is 14.9. The van der Waals surface area contributed by atoms with Crippen LogP contribution in [0.5, 0.6) is 0 Å². The van der Waals surface area contributed by atoms with E-state index in [4.69, 9.17) is 0 Å². The van der Waals surface area contributed by atoms with E-state index < -0.39 is 5.60 Å². The van der Waals surface area contributed by atoms with Crippen molar-refractivity contribution in [1.29, 1.82) is 0 Å². The average molecular weight is 535 g/mol. The average Bonchev–Trinajstić information content (AvgIpc) is 3.22. The first-order valence-corrected chi connectivity index (χ1v) is 14.9. The number of fused-ring (bicyclic) bond motifs is 4. The summed E-state index contributed by atoms with van der Waals surface area (Å²) in [4.78, 5) is 17.0. The van der Waals surface area contributed by atoms with Crippen LogP contribution in [0.2, 0.25) is 0 Å². The SMILES string of the molecule is CN(C)c1ccc(C#C[C@@]2(O)CC[C@H]3[C@@H]4CCC5=CC(=O)CC(c6ccc(N(C)C)cc6)C5=C4CC[C@@]32C)cc1. The molecule has 0 heterocycles. The van der Waals surface area contributed by atoms with E-state index in [9.17, 15) is 9.90 Å². The molecular formula is C36H42N2O2. The molecule has 4 aliphatic rings. The Morgan fingerprint density at radius 1 is 0.875 bits per heavy atom. The maximum atomic E-state index is 12.8. The number of anilines is 2. The predicted octanol–water partition coefficient (Wildman–Crippen LogP) is 6.50. The van der Waals surface area contributed by atoms with Crippen LogP contribution in [-0.4, -0.2) is 44.7 Å². The maximum absolute atomic E-state index is 12.8. The third-order valence-electron chi connectivity index (χ3n) is 10.5. The highest BCUT2D eigenvalue weighted by atomic mass is 16.3. The number of allylic oxidation sites excluding steroid dienone is 4. The van der Waals surface area contributed by atoms with E-state index in [1.807, 2.05) is 20.2 Å². The fraction of sp³-hybridized carbons (Fsp3) is 0.472. The quantitative estimate of drug-likeness (QED) is 0.457. The van der Waals surface area contributed by atoms with Crippen LogP contribution in [0.1, 0.15) is 68.9 Å². The normalized spacial score (nSPS) is 30.9. The number of carbonyl (C=O) groups excluding carboxylic acids is 1. The molecule has 2 fully saturated rings. The zero-order chi connectivity index (χ0) is 28.2. The van der Waals surface area contributed by atoms with Crippen LogP contribution in [0.25, 0.3) is 0 Å². The van der Waals surface area contributed by atoms with Gasteiger partial charge in [0.25, 0.3) is 0 Å². The largest absolute Gasteiger partial charge is 0.378 e. The van der Waals surface area contributed by atoms with Gasteiger partial charge in [-0.1, -0.05) is 36.5 Å². The zero-order valence-corrected chi connectivity index (χ0v) is 24.6. The lowest BCUT2D eigenvalue weighted by atomic mass is 9.54. The summed E-state index contributed by atoms with van der Waals surface area (Å²) in [6.07, 6.45) is 8.17. The molecule has 0 spiro atoms. The molecule has 4 heteroatoms. The number of hydrogen-bond acceptors (Lipinski definition) is 4. The predicted molar refractivity (Wildman–Crippen MR) is 164 cm³/mol. The second-order valence-electron chi connectivity index (χ2n) is 13.1. The monoisotopic (exact) mass is 534 g/mol. The lowest BCUT2D eigenvalue weighted by molar-refractivity contribution is -0.115. The van der Waals surface area contributed by atoms with Gasteiger partial charge in [0.1, 0.15) is 5.60 Å². The van der Waals surface area contributed by atoms with E-state index >= 15 is 0 Å². The molecule has 0 amide bonds. The van der Waals surface area contributed by atoms with Crippen LogP contribution in [0.3, 0.4) is 0 Å². The summed E-state index contributed by atoms with van der Waals surface area (Å²) in [5.41, 5.74) is 7.58. The molecule has 2 saturated carbocycles. The molecule has 4 aliphatic carbocycles. The van der Waals surface area contributed by atoms with Gasteiger partial charge < -0.3 is 14.9 Å². The molecule has 40 heavy (non-hydrogen) atoms. The molecule has 4 nitrogen and oxygen atoms in total. The molecule has 0 saturated heterocycles. The van der Waals surface area contributed by atoms with Crippen molar-refractivity contribution in [2.45, 2.75) is 63.4 Å². The van der Waals surface area contributed by atoms with Crippen molar-refractivity contribution < 1.29 is 9.90 Å². The Morgan fingerprint density at radius 2 is 1.52 bits per heavy atom. The van der Waals surface area contributed by atoms with E-state index in [2.05, 4.69) is 91.2 Å². The minimum atomic E-state index is -0.978. The van der Waals surface area contributed by atoms with Crippen LogP contribution in [-0.2, 0) is 4.79 Å². The molecule has 0 radical (unpaired) electrons. The van der Waals surface area contributed by atoms with Crippen LogP contribution in [0.4, 0.5) is 11.4 Å². The van der Waals surface area contributed by atoms with Crippen LogP contribution in [0, 0.1) is 29.1 Å². The fourth-order valence-corrected chi connectivity index (χ4v) is 8.16. The molecule has 1 unspecified atom stereocenters. The molecule has 2 aromatic rings. The summed E-state index contributed by atoms with van der Waals surface area (Å²) in [5, 5.41) is 12.1. The molecule has 1 N–H and O–H groups in total. The zero-order valence-electron chi connectivity index (χ0n) is 24.6. The Balaban J connectivity index is 1.32. The second-order valence-corrected chi connectivity index (χ2v) is 13.1. The number of nitrogens with zero attached hydrogens (tertiary/aromatic N) is 2. The number of carbonyl (C=O) groups is 1. The smallest absolute Gasteiger partial charge is 0.156 e. The van der Waals surface area contributed by atoms with E-state index in [1.165, 1.54) is 22.4 Å². The van der Waals surface area contributed by atoms with Gasteiger partial charge in [0.05, 0.1) is 0 Å². The summed E-state index contributed by atoms with van der Waals surface area (Å²) >= 11 is 0. The maximum Gasteiger partial charge on any atom is 0.156 e. The van der Waals surface area contributed by atoms with E-state index in [1.54, 1.807) is 5.57 Å². The summed E-state index contributed by atoms with van der Waals surface area (Å²) < 4.78 is 0. The highest BCUT2D eigenvalue weighted by Crippen LogP contribution is 2.64. The summed E-state index contributed by atoms with van der Waals surface area (Å²) in [5.74, 6) is 7.98. The van der Waals surface area contributed by atoms with Crippen molar-refractivity contribution >= 4 is 17.2 Å².